The topological polar surface area (TPSA) is 24.9 Å². The zero-order chi connectivity index (χ0) is 11.5. The number of aryl methyl sites for hydroxylation is 1. The smallest absolute Gasteiger partial charge is 0.0529 e. The van der Waals surface area contributed by atoms with Gasteiger partial charge in [0, 0.05) is 11.7 Å². The van der Waals surface area contributed by atoms with Crippen LogP contribution in [0.1, 0.15) is 38.8 Å². The van der Waals surface area contributed by atoms with Crippen LogP contribution >= 0.6 is 0 Å². The average molecular weight is 218 g/mol. The molecule has 1 aromatic rings. The molecule has 2 heteroatoms. The Morgan fingerprint density at radius 2 is 2.00 bits per heavy atom. The van der Waals surface area contributed by atoms with Crippen LogP contribution in [0.3, 0.4) is 0 Å². The quantitative estimate of drug-likeness (QED) is 0.820. The van der Waals surface area contributed by atoms with Crippen LogP contribution in [0.2, 0.25) is 0 Å². The molecule has 0 amide bonds. The predicted octanol–water partition coefficient (Wildman–Crippen LogP) is 3.63. The molecule has 0 spiro atoms. The molecule has 1 heterocycles. The highest BCUT2D eigenvalue weighted by Crippen LogP contribution is 2.30. The molecule has 0 aliphatic heterocycles. The van der Waals surface area contributed by atoms with Gasteiger partial charge in [0.1, 0.15) is 0 Å². The predicted molar refractivity (Wildman–Crippen MR) is 68.6 cm³/mol. The van der Waals surface area contributed by atoms with Gasteiger partial charge in [-0.25, -0.2) is 0 Å². The molecule has 0 aromatic carbocycles. The van der Waals surface area contributed by atoms with Gasteiger partial charge >= 0.3 is 0 Å². The van der Waals surface area contributed by atoms with Gasteiger partial charge in [-0.3, -0.25) is 4.98 Å². The van der Waals surface area contributed by atoms with Gasteiger partial charge in [0.15, 0.2) is 0 Å². The van der Waals surface area contributed by atoms with E-state index >= 15 is 0 Å². The van der Waals surface area contributed by atoms with Gasteiger partial charge in [-0.1, -0.05) is 13.8 Å². The van der Waals surface area contributed by atoms with E-state index in [0.29, 0.717) is 6.04 Å². The highest BCUT2D eigenvalue weighted by atomic mass is 14.9. The molecule has 3 atom stereocenters. The van der Waals surface area contributed by atoms with Crippen molar-refractivity contribution in [2.45, 2.75) is 46.1 Å². The van der Waals surface area contributed by atoms with Crippen LogP contribution in [0.15, 0.2) is 18.3 Å². The van der Waals surface area contributed by atoms with Gasteiger partial charge in [-0.15, -0.1) is 0 Å². The molecule has 1 aliphatic rings. The zero-order valence-electron chi connectivity index (χ0n) is 10.5. The third-order valence-corrected chi connectivity index (χ3v) is 3.88. The minimum absolute atomic E-state index is 0.635. The molecule has 2 rings (SSSR count). The van der Waals surface area contributed by atoms with Crippen LogP contribution in [-0.2, 0) is 0 Å². The van der Waals surface area contributed by atoms with E-state index in [4.69, 9.17) is 0 Å². The van der Waals surface area contributed by atoms with Gasteiger partial charge in [0.25, 0.3) is 0 Å². The van der Waals surface area contributed by atoms with Crippen molar-refractivity contribution in [3.8, 4) is 0 Å². The lowest BCUT2D eigenvalue weighted by Gasteiger charge is -2.33. The van der Waals surface area contributed by atoms with Crippen LogP contribution in [-0.4, -0.2) is 11.0 Å². The Morgan fingerprint density at radius 3 is 2.62 bits per heavy atom. The molecule has 1 N–H and O–H groups in total. The first-order valence-electron chi connectivity index (χ1n) is 6.34. The summed E-state index contributed by atoms with van der Waals surface area (Å²) in [5.74, 6) is 1.72. The van der Waals surface area contributed by atoms with Gasteiger partial charge in [0.05, 0.1) is 11.9 Å². The number of anilines is 1. The summed E-state index contributed by atoms with van der Waals surface area (Å²) in [7, 11) is 0. The van der Waals surface area contributed by atoms with Crippen molar-refractivity contribution in [2.75, 3.05) is 5.32 Å². The van der Waals surface area contributed by atoms with E-state index in [1.165, 1.54) is 19.3 Å². The van der Waals surface area contributed by atoms with E-state index < -0.39 is 0 Å². The van der Waals surface area contributed by atoms with Crippen molar-refractivity contribution < 1.29 is 0 Å². The summed E-state index contributed by atoms with van der Waals surface area (Å²) in [6, 6.07) is 4.83. The first kappa shape index (κ1) is 11.4. The molecular formula is C14H22N2. The van der Waals surface area contributed by atoms with Crippen molar-refractivity contribution >= 4 is 5.69 Å². The fraction of sp³-hybridized carbons (Fsp3) is 0.643. The van der Waals surface area contributed by atoms with Crippen molar-refractivity contribution in [3.63, 3.8) is 0 Å². The Balaban J connectivity index is 1.93. The third-order valence-electron chi connectivity index (χ3n) is 3.88. The van der Waals surface area contributed by atoms with Crippen LogP contribution in [0, 0.1) is 18.8 Å². The van der Waals surface area contributed by atoms with E-state index in [9.17, 15) is 0 Å². The van der Waals surface area contributed by atoms with E-state index in [1.54, 1.807) is 0 Å². The molecule has 2 nitrogen and oxygen atoms in total. The van der Waals surface area contributed by atoms with Crippen molar-refractivity contribution in [1.82, 2.24) is 4.98 Å². The first-order chi connectivity index (χ1) is 7.65. The molecule has 16 heavy (non-hydrogen) atoms. The minimum Gasteiger partial charge on any atom is -0.381 e. The van der Waals surface area contributed by atoms with Crippen molar-refractivity contribution in [3.05, 3.63) is 24.0 Å². The third kappa shape index (κ3) is 2.75. The highest BCUT2D eigenvalue weighted by molar-refractivity contribution is 5.41. The van der Waals surface area contributed by atoms with Gasteiger partial charge in [0.2, 0.25) is 0 Å². The normalized spacial score (nSPS) is 30.1. The number of hydrogen-bond donors (Lipinski definition) is 1. The molecule has 1 saturated carbocycles. The SMILES string of the molecule is Cc1ccc(NC2CCC(C)C(C)C2)cn1. The van der Waals surface area contributed by atoms with E-state index in [1.807, 2.05) is 13.1 Å². The summed E-state index contributed by atoms with van der Waals surface area (Å²) in [6.45, 7) is 6.76. The summed E-state index contributed by atoms with van der Waals surface area (Å²) < 4.78 is 0. The van der Waals surface area contributed by atoms with Crippen LogP contribution in [0.4, 0.5) is 5.69 Å². The van der Waals surface area contributed by atoms with Crippen LogP contribution < -0.4 is 5.32 Å². The fourth-order valence-corrected chi connectivity index (χ4v) is 2.47. The number of aromatic nitrogens is 1. The largest absolute Gasteiger partial charge is 0.381 e. The maximum Gasteiger partial charge on any atom is 0.0529 e. The minimum atomic E-state index is 0.635. The second-order valence-corrected chi connectivity index (χ2v) is 5.30. The number of nitrogens with one attached hydrogen (secondary N) is 1. The Kier molecular flexibility index (Phi) is 3.47. The number of nitrogens with zero attached hydrogens (tertiary/aromatic N) is 1. The zero-order valence-corrected chi connectivity index (χ0v) is 10.5. The molecular weight excluding hydrogens is 196 g/mol. The molecule has 3 unspecified atom stereocenters. The van der Waals surface area contributed by atoms with E-state index in [-0.39, 0.29) is 0 Å². The number of hydrogen-bond acceptors (Lipinski definition) is 2. The molecule has 1 aliphatic carbocycles. The summed E-state index contributed by atoms with van der Waals surface area (Å²) in [5.41, 5.74) is 2.24. The molecule has 1 aromatic heterocycles. The summed E-state index contributed by atoms with van der Waals surface area (Å²) in [6.07, 6.45) is 5.87. The first-order valence-corrected chi connectivity index (χ1v) is 6.34. The molecule has 0 saturated heterocycles. The average Bonchev–Trinajstić information content (AvgIpc) is 2.27. The Morgan fingerprint density at radius 1 is 1.19 bits per heavy atom. The second-order valence-electron chi connectivity index (χ2n) is 5.30. The fourth-order valence-electron chi connectivity index (χ4n) is 2.47. The Bertz CT molecular complexity index is 331. The maximum atomic E-state index is 4.32. The number of rotatable bonds is 2. The van der Waals surface area contributed by atoms with Gasteiger partial charge < -0.3 is 5.32 Å². The van der Waals surface area contributed by atoms with E-state index in [2.05, 4.69) is 36.3 Å². The monoisotopic (exact) mass is 218 g/mol. The maximum absolute atomic E-state index is 4.32. The summed E-state index contributed by atoms with van der Waals surface area (Å²) >= 11 is 0. The van der Waals surface area contributed by atoms with Crippen LogP contribution in [0.5, 0.6) is 0 Å². The lowest BCUT2D eigenvalue weighted by Crippen LogP contribution is -2.30. The Hall–Kier alpha value is -1.05. The molecule has 0 radical (unpaired) electrons. The molecule has 1 fully saturated rings. The van der Waals surface area contributed by atoms with Gasteiger partial charge in [-0.05, 0) is 50.2 Å². The van der Waals surface area contributed by atoms with Crippen LogP contribution in [0.25, 0.3) is 0 Å². The summed E-state index contributed by atoms with van der Waals surface area (Å²) in [5, 5.41) is 3.60. The van der Waals surface area contributed by atoms with Crippen molar-refractivity contribution in [1.29, 1.82) is 0 Å². The lowest BCUT2D eigenvalue weighted by atomic mass is 9.79. The highest BCUT2D eigenvalue weighted by Gasteiger charge is 2.24. The van der Waals surface area contributed by atoms with E-state index in [0.717, 1.165) is 23.2 Å². The lowest BCUT2D eigenvalue weighted by molar-refractivity contribution is 0.261. The summed E-state index contributed by atoms with van der Waals surface area (Å²) in [4.78, 5) is 4.32. The Labute approximate surface area is 98.5 Å². The molecule has 0 bridgehead atoms. The van der Waals surface area contributed by atoms with Crippen molar-refractivity contribution in [2.24, 2.45) is 11.8 Å². The number of pyridine rings is 1. The second kappa shape index (κ2) is 4.86. The molecule has 88 valence electrons. The van der Waals surface area contributed by atoms with Gasteiger partial charge in [-0.2, -0.15) is 0 Å². The standard InChI is InChI=1S/C14H22N2/c1-10-4-6-13(8-11(10)2)16-14-7-5-12(3)15-9-14/h5,7,9-11,13,16H,4,6,8H2,1-3H3.